The van der Waals surface area contributed by atoms with Crippen molar-refractivity contribution in [1.29, 1.82) is 0 Å². The Bertz CT molecular complexity index is 575. The van der Waals surface area contributed by atoms with Crippen LogP contribution >= 0.6 is 12.4 Å². The molecule has 1 unspecified atom stereocenters. The number of nitrogens with one attached hydrogen (secondary N) is 1. The smallest absolute Gasteiger partial charge is 0.241 e. The fourth-order valence-corrected chi connectivity index (χ4v) is 2.33. The third-order valence-corrected chi connectivity index (χ3v) is 3.55. The van der Waals surface area contributed by atoms with Gasteiger partial charge in [0, 0.05) is 31.2 Å². The molecule has 1 fully saturated rings. The van der Waals surface area contributed by atoms with E-state index in [1.807, 2.05) is 0 Å². The van der Waals surface area contributed by atoms with Crippen molar-refractivity contribution in [3.8, 4) is 11.4 Å². The third-order valence-electron chi connectivity index (χ3n) is 3.55. The van der Waals surface area contributed by atoms with Gasteiger partial charge in [-0.2, -0.15) is 4.98 Å². The van der Waals surface area contributed by atoms with Crippen LogP contribution in [-0.2, 0) is 6.54 Å². The van der Waals surface area contributed by atoms with Crippen LogP contribution in [0, 0.1) is 5.82 Å². The first-order valence-electron chi connectivity index (χ1n) is 6.75. The lowest BCUT2D eigenvalue weighted by Gasteiger charge is -2.32. The Morgan fingerprint density at radius 1 is 1.38 bits per heavy atom. The molecule has 114 valence electrons. The average molecular weight is 313 g/mol. The van der Waals surface area contributed by atoms with E-state index >= 15 is 0 Å². The van der Waals surface area contributed by atoms with Crippen molar-refractivity contribution in [2.45, 2.75) is 19.5 Å². The molecular formula is C14H18ClFN4O. The van der Waals surface area contributed by atoms with Gasteiger partial charge >= 0.3 is 0 Å². The molecule has 5 nitrogen and oxygen atoms in total. The summed E-state index contributed by atoms with van der Waals surface area (Å²) >= 11 is 0. The lowest BCUT2D eigenvalue weighted by molar-refractivity contribution is 0.146. The largest absolute Gasteiger partial charge is 0.338 e. The number of piperazine rings is 1. The molecule has 0 radical (unpaired) electrons. The van der Waals surface area contributed by atoms with E-state index in [0.717, 1.165) is 25.2 Å². The van der Waals surface area contributed by atoms with Gasteiger partial charge in [-0.15, -0.1) is 12.4 Å². The molecule has 2 aromatic rings. The summed E-state index contributed by atoms with van der Waals surface area (Å²) in [6.07, 6.45) is 0. The van der Waals surface area contributed by atoms with Gasteiger partial charge < -0.3 is 9.84 Å². The minimum Gasteiger partial charge on any atom is -0.338 e. The molecule has 1 aromatic heterocycles. The van der Waals surface area contributed by atoms with E-state index in [4.69, 9.17) is 4.52 Å². The van der Waals surface area contributed by atoms with Crippen LogP contribution in [0.15, 0.2) is 28.8 Å². The summed E-state index contributed by atoms with van der Waals surface area (Å²) in [5, 5.41) is 7.30. The Kier molecular flexibility index (Phi) is 5.27. The van der Waals surface area contributed by atoms with Gasteiger partial charge in [0.25, 0.3) is 0 Å². The SMILES string of the molecule is CC1CNCCN1Cc1nc(-c2ccc(F)cc2)no1.Cl. The highest BCUT2D eigenvalue weighted by molar-refractivity contribution is 5.85. The van der Waals surface area contributed by atoms with Gasteiger partial charge in [0.2, 0.25) is 11.7 Å². The zero-order valence-corrected chi connectivity index (χ0v) is 12.6. The molecule has 0 amide bonds. The maximum atomic E-state index is 12.9. The Balaban J connectivity index is 0.00000161. The summed E-state index contributed by atoms with van der Waals surface area (Å²) < 4.78 is 18.2. The summed E-state index contributed by atoms with van der Waals surface area (Å²) in [5.41, 5.74) is 0.759. The van der Waals surface area contributed by atoms with Crippen LogP contribution in [0.2, 0.25) is 0 Å². The predicted molar refractivity (Wildman–Crippen MR) is 79.7 cm³/mol. The number of nitrogens with zero attached hydrogens (tertiary/aromatic N) is 3. The van der Waals surface area contributed by atoms with Crippen LogP contribution in [0.25, 0.3) is 11.4 Å². The molecule has 0 saturated carbocycles. The summed E-state index contributed by atoms with van der Waals surface area (Å²) in [4.78, 5) is 6.68. The second-order valence-corrected chi connectivity index (χ2v) is 5.04. The molecule has 2 heterocycles. The first-order chi connectivity index (χ1) is 9.72. The monoisotopic (exact) mass is 312 g/mol. The topological polar surface area (TPSA) is 54.2 Å². The molecule has 0 aliphatic carbocycles. The van der Waals surface area contributed by atoms with E-state index < -0.39 is 0 Å². The van der Waals surface area contributed by atoms with Gasteiger partial charge in [0.15, 0.2) is 0 Å². The van der Waals surface area contributed by atoms with Gasteiger partial charge in [0.1, 0.15) is 5.82 Å². The van der Waals surface area contributed by atoms with Crippen molar-refractivity contribution in [3.63, 3.8) is 0 Å². The fraction of sp³-hybridized carbons (Fsp3) is 0.429. The van der Waals surface area contributed by atoms with Gasteiger partial charge in [-0.3, -0.25) is 4.90 Å². The van der Waals surface area contributed by atoms with E-state index in [1.165, 1.54) is 12.1 Å². The lowest BCUT2D eigenvalue weighted by Crippen LogP contribution is -2.49. The Morgan fingerprint density at radius 3 is 2.86 bits per heavy atom. The van der Waals surface area contributed by atoms with Crippen LogP contribution in [-0.4, -0.2) is 40.7 Å². The zero-order valence-electron chi connectivity index (χ0n) is 11.8. The van der Waals surface area contributed by atoms with E-state index in [9.17, 15) is 4.39 Å². The Labute approximate surface area is 128 Å². The van der Waals surface area contributed by atoms with Crippen molar-refractivity contribution in [3.05, 3.63) is 36.0 Å². The quantitative estimate of drug-likeness (QED) is 0.940. The predicted octanol–water partition coefficient (Wildman–Crippen LogP) is 2.09. The minimum atomic E-state index is -0.271. The molecule has 1 saturated heterocycles. The standard InChI is InChI=1S/C14H17FN4O.ClH/c1-10-8-16-6-7-19(10)9-13-17-14(18-20-13)11-2-4-12(15)5-3-11;/h2-5,10,16H,6-9H2,1H3;1H. The maximum absolute atomic E-state index is 12.9. The first-order valence-corrected chi connectivity index (χ1v) is 6.75. The van der Waals surface area contributed by atoms with Crippen molar-refractivity contribution >= 4 is 12.4 Å². The summed E-state index contributed by atoms with van der Waals surface area (Å²) in [7, 11) is 0. The van der Waals surface area contributed by atoms with Crippen molar-refractivity contribution in [1.82, 2.24) is 20.4 Å². The van der Waals surface area contributed by atoms with Crippen LogP contribution in [0.4, 0.5) is 4.39 Å². The van der Waals surface area contributed by atoms with Crippen molar-refractivity contribution in [2.75, 3.05) is 19.6 Å². The second-order valence-electron chi connectivity index (χ2n) is 5.04. The number of hydrogen-bond acceptors (Lipinski definition) is 5. The third kappa shape index (κ3) is 3.78. The minimum absolute atomic E-state index is 0. The molecule has 0 spiro atoms. The molecule has 1 N–H and O–H groups in total. The van der Waals surface area contributed by atoms with Gasteiger partial charge in [-0.05, 0) is 31.2 Å². The highest BCUT2D eigenvalue weighted by Crippen LogP contribution is 2.17. The summed E-state index contributed by atoms with van der Waals surface area (Å²) in [6, 6.07) is 6.53. The number of halogens is 2. The van der Waals surface area contributed by atoms with Crippen molar-refractivity contribution < 1.29 is 8.91 Å². The molecule has 7 heteroatoms. The van der Waals surface area contributed by atoms with Gasteiger partial charge in [-0.25, -0.2) is 4.39 Å². The summed E-state index contributed by atoms with van der Waals surface area (Å²) in [5.74, 6) is 0.827. The zero-order chi connectivity index (χ0) is 13.9. The Morgan fingerprint density at radius 2 is 2.14 bits per heavy atom. The van der Waals surface area contributed by atoms with Crippen LogP contribution in [0.3, 0.4) is 0 Å². The number of aromatic nitrogens is 2. The Hall–Kier alpha value is -1.50. The molecule has 1 aliphatic rings. The second kappa shape index (κ2) is 6.98. The van der Waals surface area contributed by atoms with Crippen molar-refractivity contribution in [2.24, 2.45) is 0 Å². The fourth-order valence-electron chi connectivity index (χ4n) is 2.33. The molecular weight excluding hydrogens is 295 g/mol. The number of hydrogen-bond donors (Lipinski definition) is 1. The maximum Gasteiger partial charge on any atom is 0.241 e. The molecule has 1 aliphatic heterocycles. The molecule has 21 heavy (non-hydrogen) atoms. The highest BCUT2D eigenvalue weighted by atomic mass is 35.5. The van der Waals surface area contributed by atoms with E-state index in [2.05, 4.69) is 27.3 Å². The van der Waals surface area contributed by atoms with Crippen LogP contribution in [0.1, 0.15) is 12.8 Å². The molecule has 1 atom stereocenters. The lowest BCUT2D eigenvalue weighted by atomic mass is 10.2. The number of rotatable bonds is 3. The van der Waals surface area contributed by atoms with E-state index in [0.29, 0.717) is 24.3 Å². The van der Waals surface area contributed by atoms with Crippen LogP contribution in [0.5, 0.6) is 0 Å². The van der Waals surface area contributed by atoms with Gasteiger partial charge in [0.05, 0.1) is 6.54 Å². The molecule has 3 rings (SSSR count). The summed E-state index contributed by atoms with van der Waals surface area (Å²) in [6.45, 7) is 5.73. The van der Waals surface area contributed by atoms with E-state index in [1.54, 1.807) is 12.1 Å². The van der Waals surface area contributed by atoms with Gasteiger partial charge in [-0.1, -0.05) is 5.16 Å². The first kappa shape index (κ1) is 15.9. The number of benzene rings is 1. The van der Waals surface area contributed by atoms with E-state index in [-0.39, 0.29) is 18.2 Å². The highest BCUT2D eigenvalue weighted by Gasteiger charge is 2.20. The molecule has 1 aromatic carbocycles. The normalized spacial score (nSPS) is 19.2. The van der Waals surface area contributed by atoms with Crippen LogP contribution < -0.4 is 5.32 Å². The molecule has 0 bridgehead atoms. The average Bonchev–Trinajstić information content (AvgIpc) is 2.91.